The summed E-state index contributed by atoms with van der Waals surface area (Å²) < 4.78 is 14.3. The van der Waals surface area contributed by atoms with E-state index in [1.807, 2.05) is 0 Å². The van der Waals surface area contributed by atoms with E-state index in [1.165, 1.54) is 16.8 Å². The average molecular weight is 249 g/mol. The molecule has 0 unspecified atom stereocenters. The van der Waals surface area contributed by atoms with Crippen molar-refractivity contribution in [3.8, 4) is 0 Å². The number of aromatic nitrogens is 3. The highest BCUT2D eigenvalue weighted by Gasteiger charge is 2.45. The molecule has 0 amide bonds. The van der Waals surface area contributed by atoms with Gasteiger partial charge in [-0.15, -0.1) is 0 Å². The van der Waals surface area contributed by atoms with E-state index < -0.39 is 12.2 Å². The molecule has 2 aromatic heterocycles. The van der Waals surface area contributed by atoms with Gasteiger partial charge in [0.1, 0.15) is 12.5 Å². The molecule has 0 atom stereocenters. The van der Waals surface area contributed by atoms with E-state index in [9.17, 15) is 14.0 Å². The molecular weight excluding hydrogens is 237 g/mol. The average Bonchev–Trinajstić information content (AvgIpc) is 3.08. The number of fused-ring (bicyclic) bond motifs is 1. The molecule has 3 rings (SSSR count). The monoisotopic (exact) mass is 249 g/mol. The minimum Gasteiger partial charge on any atom is -0.310 e. The highest BCUT2D eigenvalue weighted by molar-refractivity contribution is 5.76. The molecular formula is C12H12FN3O2. The number of nitrogens with zero attached hydrogens (tertiary/aromatic N) is 2. The first-order valence-electron chi connectivity index (χ1n) is 5.75. The molecule has 1 fully saturated rings. The molecule has 6 heteroatoms. The molecule has 2 aromatic rings. The maximum absolute atomic E-state index is 13.0. The van der Waals surface area contributed by atoms with Crippen molar-refractivity contribution in [3.63, 3.8) is 0 Å². The zero-order valence-corrected chi connectivity index (χ0v) is 9.86. The second-order valence-corrected chi connectivity index (χ2v) is 4.79. The Balaban J connectivity index is 2.34. The molecule has 1 N–H and O–H groups in total. The SMILES string of the molecule is Cc1nc2cc(=O)n(C3(CF)CC3)cc2c(=O)[nH]1. The fraction of sp³-hybridized carbons (Fsp3) is 0.417. The van der Waals surface area contributed by atoms with Crippen LogP contribution in [0.1, 0.15) is 18.7 Å². The number of halogens is 1. The molecule has 18 heavy (non-hydrogen) atoms. The standard InChI is InChI=1S/C12H12FN3O2/c1-7-14-9-4-10(17)16(12(6-13)2-3-12)5-8(9)11(18)15-7/h4-5H,2-3,6H2,1H3,(H,14,15,18). The number of rotatable bonds is 2. The van der Waals surface area contributed by atoms with Gasteiger partial charge in [-0.25, -0.2) is 9.37 Å². The normalized spacial score (nSPS) is 17.0. The van der Waals surface area contributed by atoms with E-state index in [0.29, 0.717) is 29.6 Å². The van der Waals surface area contributed by atoms with E-state index in [-0.39, 0.29) is 11.1 Å². The van der Waals surface area contributed by atoms with Crippen LogP contribution in [0.3, 0.4) is 0 Å². The lowest BCUT2D eigenvalue weighted by Crippen LogP contribution is -2.32. The predicted octanol–water partition coefficient (Wildman–Crippen LogP) is 0.852. The van der Waals surface area contributed by atoms with Crippen molar-refractivity contribution in [2.75, 3.05) is 6.67 Å². The first-order valence-corrected chi connectivity index (χ1v) is 5.75. The predicted molar refractivity (Wildman–Crippen MR) is 64.5 cm³/mol. The van der Waals surface area contributed by atoms with E-state index in [4.69, 9.17) is 0 Å². The van der Waals surface area contributed by atoms with Crippen LogP contribution in [0, 0.1) is 6.92 Å². The number of aryl methyl sites for hydroxylation is 1. The van der Waals surface area contributed by atoms with Gasteiger partial charge in [0, 0.05) is 12.3 Å². The first-order chi connectivity index (χ1) is 8.55. The van der Waals surface area contributed by atoms with Gasteiger partial charge in [0.25, 0.3) is 11.1 Å². The van der Waals surface area contributed by atoms with Crippen molar-refractivity contribution in [1.29, 1.82) is 0 Å². The van der Waals surface area contributed by atoms with Crippen LogP contribution in [0.25, 0.3) is 10.9 Å². The van der Waals surface area contributed by atoms with Crippen LogP contribution < -0.4 is 11.1 Å². The Labute approximate surface area is 101 Å². The van der Waals surface area contributed by atoms with Crippen LogP contribution in [0.15, 0.2) is 21.9 Å². The molecule has 1 saturated carbocycles. The number of alkyl halides is 1. The summed E-state index contributed by atoms with van der Waals surface area (Å²) in [5.74, 6) is 0.455. The van der Waals surface area contributed by atoms with E-state index in [2.05, 4.69) is 9.97 Å². The fourth-order valence-corrected chi connectivity index (χ4v) is 2.18. The maximum Gasteiger partial charge on any atom is 0.260 e. The summed E-state index contributed by atoms with van der Waals surface area (Å²) in [6.07, 6.45) is 2.69. The molecule has 0 aromatic carbocycles. The largest absolute Gasteiger partial charge is 0.310 e. The van der Waals surface area contributed by atoms with E-state index in [0.717, 1.165) is 0 Å². The summed E-state index contributed by atoms with van der Waals surface area (Å²) in [4.78, 5) is 30.4. The quantitative estimate of drug-likeness (QED) is 0.858. The molecule has 2 heterocycles. The number of aromatic amines is 1. The Hall–Kier alpha value is -1.98. The van der Waals surface area contributed by atoms with Crippen LogP contribution in [0.4, 0.5) is 4.39 Å². The molecule has 1 aliphatic carbocycles. The summed E-state index contributed by atoms with van der Waals surface area (Å²) in [6, 6.07) is 1.30. The topological polar surface area (TPSA) is 67.8 Å². The van der Waals surface area contributed by atoms with Crippen LogP contribution >= 0.6 is 0 Å². The smallest absolute Gasteiger partial charge is 0.260 e. The molecule has 0 bridgehead atoms. The molecule has 5 nitrogen and oxygen atoms in total. The van der Waals surface area contributed by atoms with Crippen LogP contribution in [0.2, 0.25) is 0 Å². The van der Waals surface area contributed by atoms with Crippen molar-refractivity contribution >= 4 is 10.9 Å². The lowest BCUT2D eigenvalue weighted by atomic mass is 10.2. The van der Waals surface area contributed by atoms with Crippen molar-refractivity contribution in [2.24, 2.45) is 0 Å². The van der Waals surface area contributed by atoms with Crippen molar-refractivity contribution in [3.05, 3.63) is 38.8 Å². The third kappa shape index (κ3) is 1.48. The second-order valence-electron chi connectivity index (χ2n) is 4.79. The number of H-pyrrole nitrogens is 1. The van der Waals surface area contributed by atoms with Gasteiger partial charge in [-0.05, 0) is 19.8 Å². The van der Waals surface area contributed by atoms with Gasteiger partial charge >= 0.3 is 0 Å². The number of pyridine rings is 1. The zero-order chi connectivity index (χ0) is 12.9. The van der Waals surface area contributed by atoms with Crippen LogP contribution in [0.5, 0.6) is 0 Å². The number of hydrogen-bond acceptors (Lipinski definition) is 3. The summed E-state index contributed by atoms with van der Waals surface area (Å²) in [6.45, 7) is 1.06. The zero-order valence-electron chi connectivity index (χ0n) is 9.86. The van der Waals surface area contributed by atoms with Gasteiger partial charge in [-0.3, -0.25) is 9.59 Å². The lowest BCUT2D eigenvalue weighted by Gasteiger charge is -2.14. The summed E-state index contributed by atoms with van der Waals surface area (Å²) in [5, 5.41) is 0.319. The first kappa shape index (κ1) is 11.1. The van der Waals surface area contributed by atoms with Crippen molar-refractivity contribution in [1.82, 2.24) is 14.5 Å². The molecule has 0 radical (unpaired) electrons. The Kier molecular flexibility index (Phi) is 2.17. The summed E-state index contributed by atoms with van der Waals surface area (Å²) >= 11 is 0. The molecule has 0 aliphatic heterocycles. The fourth-order valence-electron chi connectivity index (χ4n) is 2.18. The molecule has 94 valence electrons. The molecule has 0 spiro atoms. The van der Waals surface area contributed by atoms with Gasteiger partial charge in [-0.2, -0.15) is 0 Å². The van der Waals surface area contributed by atoms with Crippen LogP contribution in [-0.4, -0.2) is 21.2 Å². The minimum atomic E-state index is -0.734. The van der Waals surface area contributed by atoms with E-state index >= 15 is 0 Å². The second kappa shape index (κ2) is 3.51. The number of nitrogens with one attached hydrogen (secondary N) is 1. The van der Waals surface area contributed by atoms with Crippen molar-refractivity contribution < 1.29 is 4.39 Å². The van der Waals surface area contributed by atoms with Gasteiger partial charge in [0.2, 0.25) is 0 Å². The Morgan fingerprint density at radius 3 is 2.83 bits per heavy atom. The van der Waals surface area contributed by atoms with Gasteiger partial charge in [-0.1, -0.05) is 0 Å². The lowest BCUT2D eigenvalue weighted by molar-refractivity contribution is 0.330. The summed E-state index contributed by atoms with van der Waals surface area (Å²) in [5.41, 5.74) is -0.994. The Bertz CT molecular complexity index is 743. The highest BCUT2D eigenvalue weighted by Crippen LogP contribution is 2.42. The molecule has 0 saturated heterocycles. The van der Waals surface area contributed by atoms with Gasteiger partial charge in [0.05, 0.1) is 16.4 Å². The highest BCUT2D eigenvalue weighted by atomic mass is 19.1. The maximum atomic E-state index is 13.0. The van der Waals surface area contributed by atoms with Gasteiger partial charge < -0.3 is 9.55 Å². The molecule has 1 aliphatic rings. The van der Waals surface area contributed by atoms with E-state index in [1.54, 1.807) is 6.92 Å². The Morgan fingerprint density at radius 1 is 1.50 bits per heavy atom. The Morgan fingerprint density at radius 2 is 2.22 bits per heavy atom. The third-order valence-corrected chi connectivity index (χ3v) is 3.45. The minimum absolute atomic E-state index is 0.305. The van der Waals surface area contributed by atoms with Crippen LogP contribution in [-0.2, 0) is 5.54 Å². The van der Waals surface area contributed by atoms with Gasteiger partial charge in [0.15, 0.2) is 0 Å². The number of hydrogen-bond donors (Lipinski definition) is 1. The van der Waals surface area contributed by atoms with Crippen molar-refractivity contribution in [2.45, 2.75) is 25.3 Å². The summed E-state index contributed by atoms with van der Waals surface area (Å²) in [7, 11) is 0. The third-order valence-electron chi connectivity index (χ3n) is 3.45.